The van der Waals surface area contributed by atoms with Gasteiger partial charge in [0.15, 0.2) is 0 Å². The number of ether oxygens (including phenoxy) is 1. The molecule has 0 fully saturated rings. The van der Waals surface area contributed by atoms with Crippen molar-refractivity contribution in [3.05, 3.63) is 34.9 Å². The van der Waals surface area contributed by atoms with Crippen LogP contribution in [0.2, 0.25) is 5.02 Å². The highest BCUT2D eigenvalue weighted by Gasteiger charge is 2.10. The number of rotatable bonds is 10. The average molecular weight is 357 g/mol. The van der Waals surface area contributed by atoms with Gasteiger partial charge >= 0.3 is 0 Å². The molecule has 0 saturated heterocycles. The van der Waals surface area contributed by atoms with Crippen LogP contribution in [-0.2, 0) is 9.53 Å². The van der Waals surface area contributed by atoms with Crippen LogP contribution < -0.4 is 10.6 Å². The maximum Gasteiger partial charge on any atom is 0.246 e. The molecule has 5 heteroatoms. The molecule has 0 spiro atoms. The Bertz CT molecular complexity index is 420. The second kappa shape index (κ2) is 15.4. The van der Waals surface area contributed by atoms with Crippen molar-refractivity contribution < 1.29 is 9.53 Å². The molecule has 1 aromatic rings. The standard InChI is InChI=1S/C12H26N2O2.C7H7Cl/c1-4-6-7-11(9-13-8-5-2)14-12(15)10-16-3;1-6-4-2-3-5-7(6)8/h11,13H,4-10H2,1-3H3,(H,14,15);2-5H,1H3. The summed E-state index contributed by atoms with van der Waals surface area (Å²) in [6.45, 7) is 8.29. The van der Waals surface area contributed by atoms with Gasteiger partial charge in [0, 0.05) is 24.7 Å². The summed E-state index contributed by atoms with van der Waals surface area (Å²) in [6, 6.07) is 8.00. The molecule has 1 rings (SSSR count). The largest absolute Gasteiger partial charge is 0.375 e. The lowest BCUT2D eigenvalue weighted by atomic mass is 10.1. The minimum absolute atomic E-state index is 0.0260. The lowest BCUT2D eigenvalue weighted by Gasteiger charge is -2.18. The highest BCUT2D eigenvalue weighted by atomic mass is 35.5. The Balaban J connectivity index is 0.000000546. The number of benzene rings is 1. The van der Waals surface area contributed by atoms with E-state index in [1.807, 2.05) is 31.2 Å². The summed E-state index contributed by atoms with van der Waals surface area (Å²) in [5.41, 5.74) is 1.13. The molecule has 4 nitrogen and oxygen atoms in total. The second-order valence-corrected chi connectivity index (χ2v) is 6.20. The van der Waals surface area contributed by atoms with Crippen LogP contribution in [0.1, 0.15) is 45.1 Å². The lowest BCUT2D eigenvalue weighted by molar-refractivity contribution is -0.125. The molecular formula is C19H33ClN2O2. The second-order valence-electron chi connectivity index (χ2n) is 5.79. The molecule has 138 valence electrons. The van der Waals surface area contributed by atoms with E-state index in [0.29, 0.717) is 0 Å². The third-order valence-electron chi connectivity index (χ3n) is 3.44. The van der Waals surface area contributed by atoms with Crippen LogP contribution >= 0.6 is 11.6 Å². The molecule has 1 aromatic carbocycles. The van der Waals surface area contributed by atoms with E-state index in [1.165, 1.54) is 7.11 Å². The van der Waals surface area contributed by atoms with Gasteiger partial charge in [-0.1, -0.05) is 56.5 Å². The molecule has 1 amide bonds. The van der Waals surface area contributed by atoms with Gasteiger partial charge in [0.1, 0.15) is 6.61 Å². The summed E-state index contributed by atoms with van der Waals surface area (Å²) < 4.78 is 4.80. The number of halogens is 1. The maximum absolute atomic E-state index is 11.4. The lowest BCUT2D eigenvalue weighted by Crippen LogP contribution is -2.43. The summed E-state index contributed by atoms with van der Waals surface area (Å²) in [4.78, 5) is 11.4. The number of aryl methyl sites for hydroxylation is 1. The van der Waals surface area contributed by atoms with Gasteiger partial charge in [0.2, 0.25) is 5.91 Å². The molecule has 0 aromatic heterocycles. The average Bonchev–Trinajstić information content (AvgIpc) is 2.56. The van der Waals surface area contributed by atoms with Crippen LogP contribution in [0.3, 0.4) is 0 Å². The number of nitrogens with one attached hydrogen (secondary N) is 2. The Morgan fingerprint density at radius 2 is 1.96 bits per heavy atom. The molecule has 0 saturated carbocycles. The molecule has 0 radical (unpaired) electrons. The van der Waals surface area contributed by atoms with Gasteiger partial charge in [-0.2, -0.15) is 0 Å². The predicted molar refractivity (Wildman–Crippen MR) is 103 cm³/mol. The number of amides is 1. The van der Waals surface area contributed by atoms with E-state index in [0.717, 1.165) is 49.4 Å². The number of unbranched alkanes of at least 4 members (excludes halogenated alkanes) is 1. The normalized spacial score (nSPS) is 11.4. The van der Waals surface area contributed by atoms with E-state index in [4.69, 9.17) is 16.3 Å². The third kappa shape index (κ3) is 12.3. The van der Waals surface area contributed by atoms with E-state index in [1.54, 1.807) is 0 Å². The number of carbonyl (C=O) groups excluding carboxylic acids is 1. The Kier molecular flexibility index (Phi) is 14.7. The van der Waals surface area contributed by atoms with Crippen LogP contribution in [0.25, 0.3) is 0 Å². The third-order valence-corrected chi connectivity index (χ3v) is 3.86. The Morgan fingerprint density at radius 3 is 2.46 bits per heavy atom. The topological polar surface area (TPSA) is 50.4 Å². The molecule has 1 atom stereocenters. The molecule has 0 bridgehead atoms. The van der Waals surface area contributed by atoms with Crippen LogP contribution in [0.15, 0.2) is 24.3 Å². The fourth-order valence-corrected chi connectivity index (χ4v) is 2.22. The predicted octanol–water partition coefficient (Wildman–Crippen LogP) is 3.96. The van der Waals surface area contributed by atoms with E-state index < -0.39 is 0 Å². The van der Waals surface area contributed by atoms with Crippen molar-refractivity contribution in [2.45, 2.75) is 52.5 Å². The Morgan fingerprint density at radius 1 is 1.25 bits per heavy atom. The van der Waals surface area contributed by atoms with E-state index in [-0.39, 0.29) is 18.6 Å². The minimum Gasteiger partial charge on any atom is -0.375 e. The van der Waals surface area contributed by atoms with Gasteiger partial charge in [-0.3, -0.25) is 4.79 Å². The first-order valence-electron chi connectivity index (χ1n) is 8.75. The molecular weight excluding hydrogens is 324 g/mol. The van der Waals surface area contributed by atoms with Crippen molar-refractivity contribution in [1.29, 1.82) is 0 Å². The highest BCUT2D eigenvalue weighted by molar-refractivity contribution is 6.31. The van der Waals surface area contributed by atoms with Gasteiger partial charge in [-0.15, -0.1) is 0 Å². The molecule has 0 aliphatic carbocycles. The van der Waals surface area contributed by atoms with Crippen molar-refractivity contribution in [2.24, 2.45) is 0 Å². The van der Waals surface area contributed by atoms with Gasteiger partial charge in [-0.05, 0) is 37.9 Å². The Hall–Kier alpha value is -1.10. The fraction of sp³-hybridized carbons (Fsp3) is 0.632. The number of hydrogen-bond acceptors (Lipinski definition) is 3. The zero-order valence-electron chi connectivity index (χ0n) is 15.5. The van der Waals surface area contributed by atoms with E-state index >= 15 is 0 Å². The first-order valence-corrected chi connectivity index (χ1v) is 9.13. The molecule has 0 aliphatic heterocycles. The van der Waals surface area contributed by atoms with Crippen molar-refractivity contribution in [2.75, 3.05) is 26.8 Å². The molecule has 0 heterocycles. The molecule has 0 aliphatic rings. The fourth-order valence-electron chi connectivity index (χ4n) is 2.08. The monoisotopic (exact) mass is 356 g/mol. The first-order chi connectivity index (χ1) is 11.5. The van der Waals surface area contributed by atoms with Crippen LogP contribution in [-0.4, -0.2) is 38.8 Å². The van der Waals surface area contributed by atoms with Crippen molar-refractivity contribution in [3.8, 4) is 0 Å². The minimum atomic E-state index is -0.0260. The van der Waals surface area contributed by atoms with E-state index in [2.05, 4.69) is 24.5 Å². The van der Waals surface area contributed by atoms with Crippen LogP contribution in [0.5, 0.6) is 0 Å². The van der Waals surface area contributed by atoms with Gasteiger partial charge in [-0.25, -0.2) is 0 Å². The number of carbonyl (C=O) groups is 1. The van der Waals surface area contributed by atoms with E-state index in [9.17, 15) is 4.79 Å². The highest BCUT2D eigenvalue weighted by Crippen LogP contribution is 2.11. The molecule has 2 N–H and O–H groups in total. The first kappa shape index (κ1) is 22.9. The van der Waals surface area contributed by atoms with Gasteiger partial charge in [0.05, 0.1) is 0 Å². The zero-order valence-corrected chi connectivity index (χ0v) is 16.3. The van der Waals surface area contributed by atoms with Gasteiger partial charge in [0.25, 0.3) is 0 Å². The summed E-state index contributed by atoms with van der Waals surface area (Å²) in [6.07, 6.45) is 4.45. The summed E-state index contributed by atoms with van der Waals surface area (Å²) in [5, 5.41) is 7.16. The van der Waals surface area contributed by atoms with Crippen molar-refractivity contribution in [1.82, 2.24) is 10.6 Å². The summed E-state index contributed by atoms with van der Waals surface area (Å²) in [7, 11) is 1.54. The molecule has 1 unspecified atom stereocenters. The zero-order chi connectivity index (χ0) is 18.2. The summed E-state index contributed by atoms with van der Waals surface area (Å²) >= 11 is 5.71. The maximum atomic E-state index is 11.4. The number of hydrogen-bond donors (Lipinski definition) is 2. The van der Waals surface area contributed by atoms with Crippen molar-refractivity contribution in [3.63, 3.8) is 0 Å². The number of methoxy groups -OCH3 is 1. The van der Waals surface area contributed by atoms with Crippen LogP contribution in [0, 0.1) is 6.92 Å². The quantitative estimate of drug-likeness (QED) is 0.624. The van der Waals surface area contributed by atoms with Gasteiger partial charge < -0.3 is 15.4 Å². The summed E-state index contributed by atoms with van der Waals surface area (Å²) in [5.74, 6) is -0.0260. The SMILES string of the molecule is CCCCC(CNCCC)NC(=O)COC.Cc1ccccc1Cl. The van der Waals surface area contributed by atoms with Crippen molar-refractivity contribution >= 4 is 17.5 Å². The smallest absolute Gasteiger partial charge is 0.246 e. The van der Waals surface area contributed by atoms with Crippen LogP contribution in [0.4, 0.5) is 0 Å². The molecule has 24 heavy (non-hydrogen) atoms. The Labute approximate surface area is 152 Å².